The zero-order valence-corrected chi connectivity index (χ0v) is 55.3. The van der Waals surface area contributed by atoms with Crippen LogP contribution in [0.1, 0.15) is 431 Å². The second-order valence-corrected chi connectivity index (χ2v) is 26.0. The van der Waals surface area contributed by atoms with Gasteiger partial charge in [-0.05, 0) is 51.4 Å². The van der Waals surface area contributed by atoms with Gasteiger partial charge in [0.1, 0.15) is 0 Å². The Hall–Kier alpha value is -1.40. The van der Waals surface area contributed by atoms with Crippen molar-refractivity contribution < 1.29 is 24.5 Å². The number of aliphatic hydroxyl groups is 2. The summed E-state index contributed by atoms with van der Waals surface area (Å²) in [5.74, 6) is -0.0115. The van der Waals surface area contributed by atoms with E-state index >= 15 is 0 Å². The Morgan fingerprint density at radius 1 is 0.333 bits per heavy atom. The van der Waals surface area contributed by atoms with Gasteiger partial charge in [0.25, 0.3) is 0 Å². The largest absolute Gasteiger partial charge is 0.466 e. The normalized spacial score (nSPS) is 12.5. The summed E-state index contributed by atoms with van der Waals surface area (Å²) < 4.78 is 5.48. The molecule has 1 amide bonds. The maximum atomic E-state index is 12.6. The van der Waals surface area contributed by atoms with Gasteiger partial charge in [-0.3, -0.25) is 9.59 Å². The average molecular weight is 1140 g/mol. The Morgan fingerprint density at radius 2 is 0.580 bits per heavy atom. The van der Waals surface area contributed by atoms with Crippen molar-refractivity contribution in [3.63, 3.8) is 0 Å². The smallest absolute Gasteiger partial charge is 0.305 e. The molecule has 0 saturated heterocycles. The number of hydrogen-bond acceptors (Lipinski definition) is 5. The summed E-state index contributed by atoms with van der Waals surface area (Å²) in [5, 5.41) is 23.5. The van der Waals surface area contributed by atoms with Crippen LogP contribution in [0.2, 0.25) is 0 Å². The quantitative estimate of drug-likeness (QED) is 0.0320. The van der Waals surface area contributed by atoms with Crippen molar-refractivity contribution in [2.24, 2.45) is 0 Å². The Kier molecular flexibility index (Phi) is 69.9. The number of carbonyl (C=O) groups excluding carboxylic acids is 2. The predicted octanol–water partition coefficient (Wildman–Crippen LogP) is 24.3. The number of esters is 1. The van der Waals surface area contributed by atoms with Crippen LogP contribution in [-0.2, 0) is 14.3 Å². The lowest BCUT2D eigenvalue weighted by atomic mass is 10.0. The minimum absolute atomic E-state index is 0.0177. The van der Waals surface area contributed by atoms with Crippen molar-refractivity contribution in [3.05, 3.63) is 12.2 Å². The highest BCUT2D eigenvalue weighted by molar-refractivity contribution is 5.76. The van der Waals surface area contributed by atoms with Crippen molar-refractivity contribution in [1.82, 2.24) is 5.32 Å². The van der Waals surface area contributed by atoms with Crippen molar-refractivity contribution in [2.45, 2.75) is 443 Å². The zero-order valence-electron chi connectivity index (χ0n) is 55.3. The maximum absolute atomic E-state index is 12.6. The number of nitrogens with one attached hydrogen (secondary N) is 1. The van der Waals surface area contributed by atoms with Crippen LogP contribution in [0.15, 0.2) is 12.2 Å². The van der Waals surface area contributed by atoms with Gasteiger partial charge in [-0.15, -0.1) is 0 Å². The molecule has 81 heavy (non-hydrogen) atoms. The average Bonchev–Trinajstić information content (AvgIpc) is 3.47. The molecule has 0 aliphatic rings. The fraction of sp³-hybridized carbons (Fsp3) is 0.947. The van der Waals surface area contributed by atoms with E-state index in [0.717, 1.165) is 38.5 Å². The maximum Gasteiger partial charge on any atom is 0.305 e. The van der Waals surface area contributed by atoms with E-state index in [2.05, 4.69) is 31.3 Å². The first-order chi connectivity index (χ1) is 40.0. The van der Waals surface area contributed by atoms with E-state index in [4.69, 9.17) is 4.74 Å². The van der Waals surface area contributed by atoms with Gasteiger partial charge in [-0.2, -0.15) is 0 Å². The summed E-state index contributed by atoms with van der Waals surface area (Å²) in [5.41, 5.74) is 0. The first kappa shape index (κ1) is 79.6. The van der Waals surface area contributed by atoms with Gasteiger partial charge >= 0.3 is 5.97 Å². The van der Waals surface area contributed by atoms with E-state index in [9.17, 15) is 19.8 Å². The summed E-state index contributed by atoms with van der Waals surface area (Å²) in [6, 6.07) is -0.542. The van der Waals surface area contributed by atoms with Gasteiger partial charge in [-0.25, -0.2) is 0 Å². The van der Waals surface area contributed by atoms with Crippen LogP contribution in [0, 0.1) is 0 Å². The van der Waals surface area contributed by atoms with E-state index in [-0.39, 0.29) is 18.5 Å². The van der Waals surface area contributed by atoms with Crippen LogP contribution in [0.3, 0.4) is 0 Å². The van der Waals surface area contributed by atoms with Crippen LogP contribution >= 0.6 is 0 Å². The molecule has 0 saturated carbocycles. The molecule has 6 nitrogen and oxygen atoms in total. The first-order valence-corrected chi connectivity index (χ1v) is 37.4. The van der Waals surface area contributed by atoms with E-state index in [1.807, 2.05) is 0 Å². The van der Waals surface area contributed by atoms with E-state index in [0.29, 0.717) is 25.9 Å². The van der Waals surface area contributed by atoms with Crippen LogP contribution in [0.25, 0.3) is 0 Å². The number of unbranched alkanes of at least 4 members (excludes halogenated alkanes) is 58. The molecule has 0 fully saturated rings. The third-order valence-corrected chi connectivity index (χ3v) is 17.8. The van der Waals surface area contributed by atoms with Gasteiger partial charge in [-0.1, -0.05) is 379 Å². The van der Waals surface area contributed by atoms with Gasteiger partial charge in [0.2, 0.25) is 5.91 Å². The summed E-state index contributed by atoms with van der Waals surface area (Å²) >= 11 is 0. The van der Waals surface area contributed by atoms with Crippen LogP contribution in [0.5, 0.6) is 0 Å². The highest BCUT2D eigenvalue weighted by Crippen LogP contribution is 2.20. The summed E-state index contributed by atoms with van der Waals surface area (Å²) in [7, 11) is 0. The molecular weight excluding hydrogens is 995 g/mol. The highest BCUT2D eigenvalue weighted by Gasteiger charge is 2.20. The number of hydrogen-bond donors (Lipinski definition) is 3. The van der Waals surface area contributed by atoms with Crippen LogP contribution < -0.4 is 5.32 Å². The number of allylic oxidation sites excluding steroid dienone is 2. The van der Waals surface area contributed by atoms with Crippen LogP contribution in [-0.4, -0.2) is 47.4 Å². The second kappa shape index (κ2) is 71.1. The number of rotatable bonds is 71. The zero-order chi connectivity index (χ0) is 58.5. The molecule has 0 aromatic carbocycles. The highest BCUT2D eigenvalue weighted by atomic mass is 16.5. The van der Waals surface area contributed by atoms with Crippen molar-refractivity contribution in [2.75, 3.05) is 13.2 Å². The van der Waals surface area contributed by atoms with Crippen molar-refractivity contribution in [1.29, 1.82) is 0 Å². The van der Waals surface area contributed by atoms with Gasteiger partial charge in [0.05, 0.1) is 25.4 Å². The molecule has 482 valence electrons. The van der Waals surface area contributed by atoms with Crippen LogP contribution in [0.4, 0.5) is 0 Å². The first-order valence-electron chi connectivity index (χ1n) is 37.4. The van der Waals surface area contributed by atoms with Gasteiger partial charge in [0.15, 0.2) is 0 Å². The van der Waals surface area contributed by atoms with E-state index in [1.54, 1.807) is 0 Å². The molecule has 6 heteroatoms. The number of aliphatic hydroxyl groups excluding tert-OH is 2. The Bertz CT molecular complexity index is 1220. The standard InChI is InChI=1S/C75H147NO5/c1-3-5-7-9-11-13-15-17-18-19-20-21-22-29-32-35-38-41-44-47-51-55-59-63-67-73(78)72(71-77)76-74(79)68-64-60-56-52-48-45-42-39-36-33-30-27-25-23-24-26-28-31-34-37-40-43-46-50-54-58-62-66-70-81-75(80)69-65-61-57-53-49-16-14-12-10-8-6-4-2/h23-24,72-73,77-78H,3-22,25-71H2,1-2H3,(H,76,79)/b24-23-. The topological polar surface area (TPSA) is 95.9 Å². The fourth-order valence-electron chi connectivity index (χ4n) is 12.1. The molecule has 0 spiro atoms. The monoisotopic (exact) mass is 1140 g/mol. The molecule has 0 rings (SSSR count). The number of carbonyl (C=O) groups is 2. The minimum atomic E-state index is -0.665. The summed E-state index contributed by atoms with van der Waals surface area (Å²) in [6.45, 7) is 5.00. The molecule has 0 aliphatic heterocycles. The molecule has 0 aliphatic carbocycles. The molecule has 3 N–H and O–H groups in total. The SMILES string of the molecule is CCCCCCCCCCCCCCCCCCCCCCCCCCC(O)C(CO)NC(=O)CCCCCCCCCCCCCC/C=C\CCCCCCCCCCCCCCOC(=O)CCCCCCCCCCCCCC. The Balaban J connectivity index is 3.37. The number of ether oxygens (including phenoxy) is 1. The molecule has 0 aromatic rings. The summed E-state index contributed by atoms with van der Waals surface area (Å²) in [6.07, 6.45) is 88.5. The molecule has 2 atom stereocenters. The molecule has 2 unspecified atom stereocenters. The fourth-order valence-corrected chi connectivity index (χ4v) is 12.1. The van der Waals surface area contributed by atoms with Crippen molar-refractivity contribution >= 4 is 11.9 Å². The third kappa shape index (κ3) is 67.6. The van der Waals surface area contributed by atoms with Gasteiger partial charge < -0.3 is 20.3 Å². The minimum Gasteiger partial charge on any atom is -0.466 e. The second-order valence-electron chi connectivity index (χ2n) is 26.0. The number of amides is 1. The molecule has 0 bridgehead atoms. The van der Waals surface area contributed by atoms with E-state index < -0.39 is 12.1 Å². The Labute approximate surface area is 508 Å². The predicted molar refractivity (Wildman–Crippen MR) is 357 cm³/mol. The molecule has 0 aromatic heterocycles. The lowest BCUT2D eigenvalue weighted by molar-refractivity contribution is -0.143. The molecule has 0 heterocycles. The lowest BCUT2D eigenvalue weighted by Gasteiger charge is -2.22. The van der Waals surface area contributed by atoms with Crippen molar-refractivity contribution in [3.8, 4) is 0 Å². The van der Waals surface area contributed by atoms with Gasteiger partial charge in [0, 0.05) is 12.8 Å². The lowest BCUT2D eigenvalue weighted by Crippen LogP contribution is -2.45. The van der Waals surface area contributed by atoms with E-state index in [1.165, 1.54) is 360 Å². The molecule has 0 radical (unpaired) electrons. The summed E-state index contributed by atoms with van der Waals surface area (Å²) in [4.78, 5) is 24.6. The third-order valence-electron chi connectivity index (χ3n) is 17.8. The molecular formula is C75H147NO5. The Morgan fingerprint density at radius 3 is 0.877 bits per heavy atom.